The number of nitrogens with one attached hydrogen (secondary N) is 2. The Hall–Kier alpha value is -3.52. The van der Waals surface area contributed by atoms with Gasteiger partial charge in [0.25, 0.3) is 5.91 Å². The summed E-state index contributed by atoms with van der Waals surface area (Å²) in [5.74, 6) is -1.02. The van der Waals surface area contributed by atoms with Crippen molar-refractivity contribution in [3.05, 3.63) is 65.9 Å². The molecule has 0 bridgehead atoms. The third-order valence-corrected chi connectivity index (χ3v) is 5.08. The smallest absolute Gasteiger partial charge is 0.273 e. The summed E-state index contributed by atoms with van der Waals surface area (Å²) in [7, 11) is 0. The van der Waals surface area contributed by atoms with Crippen LogP contribution in [0.5, 0.6) is 0 Å². The van der Waals surface area contributed by atoms with E-state index in [1.165, 1.54) is 4.68 Å². The Morgan fingerprint density at radius 1 is 1.03 bits per heavy atom. The number of Topliss-reactive ketones (excluding diaryl/α,β-unsaturated/α-hetero) is 1. The SMILES string of the molecule is CC(C)(C)[C@H](NC(=O)c1nn(CC(=O)c2ccccc2)c2ccccc12)C(=O)NCCO. The van der Waals surface area contributed by atoms with Crippen LogP contribution in [0.15, 0.2) is 54.6 Å². The topological polar surface area (TPSA) is 113 Å². The molecular weight excluding hydrogens is 408 g/mol. The van der Waals surface area contributed by atoms with Crippen LogP contribution in [0.1, 0.15) is 41.6 Å². The van der Waals surface area contributed by atoms with E-state index in [0.717, 1.165) is 0 Å². The van der Waals surface area contributed by atoms with Gasteiger partial charge in [0.2, 0.25) is 5.91 Å². The average molecular weight is 437 g/mol. The Balaban J connectivity index is 1.90. The molecule has 0 aliphatic heterocycles. The first-order chi connectivity index (χ1) is 15.2. The molecule has 0 fully saturated rings. The van der Waals surface area contributed by atoms with E-state index in [4.69, 9.17) is 5.11 Å². The Bertz CT molecular complexity index is 1120. The van der Waals surface area contributed by atoms with Crippen LogP contribution < -0.4 is 10.6 Å². The highest BCUT2D eigenvalue weighted by Crippen LogP contribution is 2.22. The zero-order chi connectivity index (χ0) is 23.3. The maximum atomic E-state index is 13.2. The molecular formula is C24H28N4O4. The molecule has 0 saturated carbocycles. The number of ketones is 1. The van der Waals surface area contributed by atoms with E-state index in [1.807, 2.05) is 32.9 Å². The van der Waals surface area contributed by atoms with Crippen LogP contribution in [0.4, 0.5) is 0 Å². The highest BCUT2D eigenvalue weighted by Gasteiger charge is 2.34. The number of fused-ring (bicyclic) bond motifs is 1. The van der Waals surface area contributed by atoms with Crippen molar-refractivity contribution in [2.75, 3.05) is 13.2 Å². The second kappa shape index (κ2) is 9.74. The molecule has 8 nitrogen and oxygen atoms in total. The molecule has 32 heavy (non-hydrogen) atoms. The number of benzene rings is 2. The van der Waals surface area contributed by atoms with Gasteiger partial charge in [-0.3, -0.25) is 19.1 Å². The van der Waals surface area contributed by atoms with Crippen LogP contribution in [0.25, 0.3) is 10.9 Å². The lowest BCUT2D eigenvalue weighted by molar-refractivity contribution is -0.125. The maximum Gasteiger partial charge on any atom is 0.273 e. The molecule has 1 atom stereocenters. The van der Waals surface area contributed by atoms with E-state index in [9.17, 15) is 14.4 Å². The predicted molar refractivity (Wildman–Crippen MR) is 121 cm³/mol. The van der Waals surface area contributed by atoms with E-state index in [2.05, 4.69) is 15.7 Å². The lowest BCUT2D eigenvalue weighted by Gasteiger charge is -2.30. The fraction of sp³-hybridized carbons (Fsp3) is 0.333. The third-order valence-electron chi connectivity index (χ3n) is 5.08. The largest absolute Gasteiger partial charge is 0.395 e. The lowest BCUT2D eigenvalue weighted by Crippen LogP contribution is -2.54. The molecule has 3 rings (SSSR count). The third kappa shape index (κ3) is 5.20. The van der Waals surface area contributed by atoms with Gasteiger partial charge in [0.05, 0.1) is 12.1 Å². The number of hydrogen-bond donors (Lipinski definition) is 3. The summed E-state index contributed by atoms with van der Waals surface area (Å²) in [6.07, 6.45) is 0. The van der Waals surface area contributed by atoms with Crippen LogP contribution in [-0.4, -0.2) is 51.7 Å². The first kappa shape index (κ1) is 23.1. The van der Waals surface area contributed by atoms with Crippen molar-refractivity contribution in [1.82, 2.24) is 20.4 Å². The number of aliphatic hydroxyl groups is 1. The Kier molecular flexibility index (Phi) is 7.05. The molecule has 0 radical (unpaired) electrons. The summed E-state index contributed by atoms with van der Waals surface area (Å²) in [4.78, 5) is 38.4. The number of carbonyl (C=O) groups excluding carboxylic acids is 3. The van der Waals surface area contributed by atoms with Gasteiger partial charge in [0.15, 0.2) is 11.5 Å². The summed E-state index contributed by atoms with van der Waals surface area (Å²) in [5, 5.41) is 19.4. The van der Waals surface area contributed by atoms with E-state index >= 15 is 0 Å². The number of aromatic nitrogens is 2. The van der Waals surface area contributed by atoms with E-state index in [0.29, 0.717) is 16.5 Å². The minimum Gasteiger partial charge on any atom is -0.395 e. The minimum absolute atomic E-state index is 0.0164. The van der Waals surface area contributed by atoms with Crippen LogP contribution in [0.2, 0.25) is 0 Å². The van der Waals surface area contributed by atoms with Crippen molar-refractivity contribution < 1.29 is 19.5 Å². The van der Waals surface area contributed by atoms with Crippen molar-refractivity contribution in [3.63, 3.8) is 0 Å². The average Bonchev–Trinajstić information content (AvgIpc) is 3.14. The first-order valence-corrected chi connectivity index (χ1v) is 10.5. The molecule has 2 amide bonds. The van der Waals surface area contributed by atoms with Crippen LogP contribution in [-0.2, 0) is 11.3 Å². The van der Waals surface area contributed by atoms with Crippen molar-refractivity contribution in [2.45, 2.75) is 33.4 Å². The van der Waals surface area contributed by atoms with Gasteiger partial charge < -0.3 is 15.7 Å². The van der Waals surface area contributed by atoms with Crippen LogP contribution >= 0.6 is 0 Å². The van der Waals surface area contributed by atoms with E-state index in [1.54, 1.807) is 42.5 Å². The summed E-state index contributed by atoms with van der Waals surface area (Å²) in [6.45, 7) is 5.40. The number of para-hydroxylation sites is 1. The monoisotopic (exact) mass is 436 g/mol. The Morgan fingerprint density at radius 3 is 2.34 bits per heavy atom. The second-order valence-electron chi connectivity index (χ2n) is 8.60. The van der Waals surface area contributed by atoms with Crippen molar-refractivity contribution >= 4 is 28.5 Å². The van der Waals surface area contributed by atoms with E-state index < -0.39 is 17.4 Å². The quantitative estimate of drug-likeness (QED) is 0.469. The van der Waals surface area contributed by atoms with Gasteiger partial charge >= 0.3 is 0 Å². The van der Waals surface area contributed by atoms with Gasteiger partial charge in [-0.1, -0.05) is 69.3 Å². The zero-order valence-corrected chi connectivity index (χ0v) is 18.5. The number of rotatable bonds is 8. The molecule has 2 aromatic carbocycles. The summed E-state index contributed by atoms with van der Waals surface area (Å²) >= 11 is 0. The van der Waals surface area contributed by atoms with Crippen molar-refractivity contribution in [3.8, 4) is 0 Å². The fourth-order valence-corrected chi connectivity index (χ4v) is 3.42. The molecule has 1 heterocycles. The standard InChI is InChI=1S/C24H28N4O4/c1-24(2,3)21(23(32)25-13-14-29)26-22(31)20-17-11-7-8-12-18(17)28(27-20)15-19(30)16-9-5-4-6-10-16/h4-12,21,29H,13-15H2,1-3H3,(H,25,32)(H,26,31)/t21-/m1/s1. The molecule has 0 aliphatic carbocycles. The molecule has 3 aromatic rings. The summed E-state index contributed by atoms with van der Waals surface area (Å²) in [6, 6.07) is 15.2. The zero-order valence-electron chi connectivity index (χ0n) is 18.5. The van der Waals surface area contributed by atoms with Gasteiger partial charge in [0.1, 0.15) is 12.6 Å². The highest BCUT2D eigenvalue weighted by atomic mass is 16.3. The molecule has 0 aliphatic rings. The van der Waals surface area contributed by atoms with Crippen molar-refractivity contribution in [2.24, 2.45) is 5.41 Å². The van der Waals surface area contributed by atoms with Gasteiger partial charge in [-0.15, -0.1) is 0 Å². The van der Waals surface area contributed by atoms with Crippen LogP contribution in [0.3, 0.4) is 0 Å². The molecule has 0 unspecified atom stereocenters. The number of nitrogens with zero attached hydrogens (tertiary/aromatic N) is 2. The number of hydrogen-bond acceptors (Lipinski definition) is 5. The molecule has 168 valence electrons. The normalized spacial score (nSPS) is 12.4. The maximum absolute atomic E-state index is 13.2. The molecule has 1 aromatic heterocycles. The molecule has 3 N–H and O–H groups in total. The molecule has 0 saturated heterocycles. The minimum atomic E-state index is -0.837. The molecule has 8 heteroatoms. The lowest BCUT2D eigenvalue weighted by atomic mass is 9.86. The molecule has 0 spiro atoms. The first-order valence-electron chi connectivity index (χ1n) is 10.5. The van der Waals surface area contributed by atoms with Gasteiger partial charge in [-0.05, 0) is 11.5 Å². The van der Waals surface area contributed by atoms with Gasteiger partial charge in [-0.25, -0.2) is 0 Å². The number of aliphatic hydroxyl groups excluding tert-OH is 1. The number of carbonyl (C=O) groups is 3. The Labute approximate surface area is 186 Å². The van der Waals surface area contributed by atoms with Gasteiger partial charge in [-0.2, -0.15) is 5.10 Å². The number of amides is 2. The predicted octanol–water partition coefficient (Wildman–Crippen LogP) is 2.17. The second-order valence-corrected chi connectivity index (χ2v) is 8.60. The van der Waals surface area contributed by atoms with Crippen LogP contribution in [0, 0.1) is 5.41 Å². The summed E-state index contributed by atoms with van der Waals surface area (Å²) in [5.41, 5.74) is 0.785. The fourth-order valence-electron chi connectivity index (χ4n) is 3.42. The highest BCUT2D eigenvalue weighted by molar-refractivity contribution is 6.06. The van der Waals surface area contributed by atoms with Crippen molar-refractivity contribution in [1.29, 1.82) is 0 Å². The van der Waals surface area contributed by atoms with E-state index in [-0.39, 0.29) is 37.1 Å². The van der Waals surface area contributed by atoms with Gasteiger partial charge in [0, 0.05) is 17.5 Å². The summed E-state index contributed by atoms with van der Waals surface area (Å²) < 4.78 is 1.51. The Morgan fingerprint density at radius 2 is 1.69 bits per heavy atom.